The molecule has 3 nitrogen and oxygen atoms in total. The fourth-order valence-electron chi connectivity index (χ4n) is 2.60. The topological polar surface area (TPSA) is 38.3 Å². The molecule has 2 aromatic rings. The van der Waals surface area contributed by atoms with Gasteiger partial charge in [0.05, 0.1) is 13.2 Å². The second-order valence-corrected chi connectivity index (χ2v) is 5.66. The van der Waals surface area contributed by atoms with E-state index in [0.717, 1.165) is 16.8 Å². The molecule has 0 bridgehead atoms. The molecular formula is C18H18FNO2. The van der Waals surface area contributed by atoms with E-state index in [2.05, 4.69) is 5.32 Å². The van der Waals surface area contributed by atoms with Gasteiger partial charge in [-0.05, 0) is 41.3 Å². The van der Waals surface area contributed by atoms with Gasteiger partial charge in [-0.1, -0.05) is 31.2 Å². The van der Waals surface area contributed by atoms with Gasteiger partial charge in [0.1, 0.15) is 5.82 Å². The number of ether oxygens (including phenoxy) is 1. The quantitative estimate of drug-likeness (QED) is 0.935. The monoisotopic (exact) mass is 299 g/mol. The third kappa shape index (κ3) is 3.17. The van der Waals surface area contributed by atoms with Crippen molar-refractivity contribution in [3.63, 3.8) is 0 Å². The molecule has 1 heterocycles. The minimum atomic E-state index is -0.304. The summed E-state index contributed by atoms with van der Waals surface area (Å²) in [6, 6.07) is 12.3. The molecule has 1 aliphatic rings. The number of carbonyl (C=O) groups is 1. The number of nitrogens with one attached hydrogen (secondary N) is 1. The van der Waals surface area contributed by atoms with Crippen molar-refractivity contribution in [1.82, 2.24) is 0 Å². The van der Waals surface area contributed by atoms with Crippen molar-refractivity contribution in [2.24, 2.45) is 5.92 Å². The van der Waals surface area contributed by atoms with Crippen molar-refractivity contribution in [3.8, 4) is 0 Å². The standard InChI is InChI=1S/C18H18FNO2/c1-12(8-13-4-2-3-5-17(13)19)18(21)20-16-7-6-14-10-22-11-15(14)9-16/h2-7,9,12H,8,10-11H2,1H3,(H,20,21)/t12-/m0/s1. The molecule has 1 amide bonds. The summed E-state index contributed by atoms with van der Waals surface area (Å²) in [4.78, 5) is 12.3. The highest BCUT2D eigenvalue weighted by Gasteiger charge is 2.17. The molecule has 0 aliphatic carbocycles. The highest BCUT2D eigenvalue weighted by molar-refractivity contribution is 5.92. The van der Waals surface area contributed by atoms with Crippen LogP contribution in [-0.2, 0) is 29.2 Å². The van der Waals surface area contributed by atoms with Gasteiger partial charge in [0.15, 0.2) is 0 Å². The van der Waals surface area contributed by atoms with Gasteiger partial charge >= 0.3 is 0 Å². The zero-order valence-corrected chi connectivity index (χ0v) is 12.4. The molecular weight excluding hydrogens is 281 g/mol. The van der Waals surface area contributed by atoms with E-state index in [0.29, 0.717) is 25.2 Å². The van der Waals surface area contributed by atoms with Crippen LogP contribution in [0, 0.1) is 11.7 Å². The van der Waals surface area contributed by atoms with Crippen LogP contribution in [0.15, 0.2) is 42.5 Å². The third-order valence-corrected chi connectivity index (χ3v) is 3.92. The molecule has 1 N–H and O–H groups in total. The van der Waals surface area contributed by atoms with E-state index in [-0.39, 0.29) is 17.6 Å². The number of anilines is 1. The number of amides is 1. The predicted octanol–water partition coefficient (Wildman–Crippen LogP) is 3.67. The van der Waals surface area contributed by atoms with E-state index >= 15 is 0 Å². The fourth-order valence-corrected chi connectivity index (χ4v) is 2.60. The second-order valence-electron chi connectivity index (χ2n) is 5.66. The smallest absolute Gasteiger partial charge is 0.227 e. The molecule has 1 aliphatic heterocycles. The molecule has 0 saturated heterocycles. The summed E-state index contributed by atoms with van der Waals surface area (Å²) in [7, 11) is 0. The lowest BCUT2D eigenvalue weighted by Gasteiger charge is -2.13. The van der Waals surface area contributed by atoms with Crippen LogP contribution in [0.5, 0.6) is 0 Å². The van der Waals surface area contributed by atoms with Crippen LogP contribution in [0.25, 0.3) is 0 Å². The van der Waals surface area contributed by atoms with Crippen LogP contribution in [-0.4, -0.2) is 5.91 Å². The van der Waals surface area contributed by atoms with Crippen molar-refractivity contribution in [2.45, 2.75) is 26.6 Å². The highest BCUT2D eigenvalue weighted by Crippen LogP contribution is 2.23. The van der Waals surface area contributed by atoms with Crippen molar-refractivity contribution < 1.29 is 13.9 Å². The number of benzene rings is 2. The fraction of sp³-hybridized carbons (Fsp3) is 0.278. The lowest BCUT2D eigenvalue weighted by atomic mass is 9.99. The van der Waals surface area contributed by atoms with Crippen LogP contribution in [0.3, 0.4) is 0 Å². The Morgan fingerprint density at radius 3 is 2.82 bits per heavy atom. The van der Waals surface area contributed by atoms with Gasteiger partial charge in [-0.2, -0.15) is 0 Å². The number of hydrogen-bond donors (Lipinski definition) is 1. The number of rotatable bonds is 4. The van der Waals surface area contributed by atoms with Crippen molar-refractivity contribution >= 4 is 11.6 Å². The van der Waals surface area contributed by atoms with E-state index in [1.54, 1.807) is 25.1 Å². The molecule has 1 atom stereocenters. The molecule has 0 saturated carbocycles. The minimum absolute atomic E-state index is 0.109. The van der Waals surface area contributed by atoms with Crippen molar-refractivity contribution in [3.05, 3.63) is 65.0 Å². The predicted molar refractivity (Wildman–Crippen MR) is 82.8 cm³/mol. The summed E-state index contributed by atoms with van der Waals surface area (Å²) < 4.78 is 19.0. The summed E-state index contributed by atoms with van der Waals surface area (Å²) in [6.45, 7) is 3.02. The number of carbonyl (C=O) groups excluding carboxylic acids is 1. The lowest BCUT2D eigenvalue weighted by molar-refractivity contribution is -0.119. The van der Waals surface area contributed by atoms with Gasteiger partial charge in [-0.3, -0.25) is 4.79 Å². The molecule has 0 radical (unpaired) electrons. The normalized spacial score (nSPS) is 14.5. The van der Waals surface area contributed by atoms with Gasteiger partial charge in [-0.25, -0.2) is 4.39 Å². The number of fused-ring (bicyclic) bond motifs is 1. The zero-order valence-electron chi connectivity index (χ0n) is 12.4. The van der Waals surface area contributed by atoms with Gasteiger partial charge < -0.3 is 10.1 Å². The maximum Gasteiger partial charge on any atom is 0.227 e. The van der Waals surface area contributed by atoms with Crippen molar-refractivity contribution in [1.29, 1.82) is 0 Å². The Morgan fingerprint density at radius 1 is 1.23 bits per heavy atom. The number of hydrogen-bond acceptors (Lipinski definition) is 2. The minimum Gasteiger partial charge on any atom is -0.372 e. The first-order valence-electron chi connectivity index (χ1n) is 7.37. The Bertz CT molecular complexity index is 699. The first-order valence-corrected chi connectivity index (χ1v) is 7.37. The molecule has 0 aromatic heterocycles. The Hall–Kier alpha value is -2.20. The first kappa shape index (κ1) is 14.7. The van der Waals surface area contributed by atoms with Crippen LogP contribution >= 0.6 is 0 Å². The van der Waals surface area contributed by atoms with Gasteiger partial charge in [0.2, 0.25) is 5.91 Å². The van der Waals surface area contributed by atoms with E-state index in [1.807, 2.05) is 18.2 Å². The van der Waals surface area contributed by atoms with E-state index in [9.17, 15) is 9.18 Å². The summed E-state index contributed by atoms with van der Waals surface area (Å²) in [5.41, 5.74) is 3.60. The maximum atomic E-state index is 13.6. The average molecular weight is 299 g/mol. The summed E-state index contributed by atoms with van der Waals surface area (Å²) >= 11 is 0. The first-order chi connectivity index (χ1) is 10.6. The summed E-state index contributed by atoms with van der Waals surface area (Å²) in [6.07, 6.45) is 0.382. The van der Waals surface area contributed by atoms with Crippen LogP contribution in [0.1, 0.15) is 23.6 Å². The van der Waals surface area contributed by atoms with Gasteiger partial charge in [0, 0.05) is 11.6 Å². The van der Waals surface area contributed by atoms with Crippen LogP contribution in [0.4, 0.5) is 10.1 Å². The van der Waals surface area contributed by atoms with Crippen LogP contribution < -0.4 is 5.32 Å². The molecule has 22 heavy (non-hydrogen) atoms. The Kier molecular flexibility index (Phi) is 4.20. The summed E-state index contributed by atoms with van der Waals surface area (Å²) in [5, 5.41) is 2.89. The Labute approximate surface area is 129 Å². The molecule has 0 fully saturated rings. The Balaban J connectivity index is 1.65. The van der Waals surface area contributed by atoms with Crippen LogP contribution in [0.2, 0.25) is 0 Å². The largest absolute Gasteiger partial charge is 0.372 e. The molecule has 2 aromatic carbocycles. The van der Waals surface area contributed by atoms with Crippen molar-refractivity contribution in [2.75, 3.05) is 5.32 Å². The average Bonchev–Trinajstić information content (AvgIpc) is 2.97. The second kappa shape index (κ2) is 6.28. The van der Waals surface area contributed by atoms with E-state index in [4.69, 9.17) is 4.74 Å². The highest BCUT2D eigenvalue weighted by atomic mass is 19.1. The molecule has 0 spiro atoms. The SMILES string of the molecule is C[C@@H](Cc1ccccc1F)C(=O)Nc1ccc2c(c1)COC2. The number of halogens is 1. The third-order valence-electron chi connectivity index (χ3n) is 3.92. The lowest BCUT2D eigenvalue weighted by Crippen LogP contribution is -2.22. The van der Waals surface area contributed by atoms with Gasteiger partial charge in [-0.15, -0.1) is 0 Å². The molecule has 4 heteroatoms. The molecule has 3 rings (SSSR count). The van der Waals surface area contributed by atoms with E-state index in [1.165, 1.54) is 6.07 Å². The Morgan fingerprint density at radius 2 is 2.00 bits per heavy atom. The van der Waals surface area contributed by atoms with E-state index < -0.39 is 0 Å². The van der Waals surface area contributed by atoms with Gasteiger partial charge in [0.25, 0.3) is 0 Å². The molecule has 0 unspecified atom stereocenters. The summed E-state index contributed by atoms with van der Waals surface area (Å²) in [5.74, 6) is -0.680. The maximum absolute atomic E-state index is 13.6. The zero-order chi connectivity index (χ0) is 15.5. The molecule has 114 valence electrons.